The number of aliphatic hydroxyl groups excluding tert-OH is 1. The molecule has 14 heavy (non-hydrogen) atoms. The third-order valence-corrected chi connectivity index (χ3v) is 3.19. The van der Waals surface area contributed by atoms with Gasteiger partial charge in [-0.25, -0.2) is 0 Å². The number of nitrogens with zero attached hydrogens (tertiary/aromatic N) is 2. The monoisotopic (exact) mass is 200 g/mol. The van der Waals surface area contributed by atoms with Crippen LogP contribution in [0.2, 0.25) is 0 Å². The van der Waals surface area contributed by atoms with E-state index in [9.17, 15) is 5.11 Å². The molecular weight excluding hydrogens is 176 g/mol. The van der Waals surface area contributed by atoms with Crippen LogP contribution in [0.15, 0.2) is 0 Å². The summed E-state index contributed by atoms with van der Waals surface area (Å²) in [5, 5.41) is 9.51. The summed E-state index contributed by atoms with van der Waals surface area (Å²) < 4.78 is 0. The summed E-state index contributed by atoms with van der Waals surface area (Å²) in [4.78, 5) is 4.68. The molecule has 0 radical (unpaired) electrons. The van der Waals surface area contributed by atoms with Crippen LogP contribution in [0, 0.1) is 0 Å². The largest absolute Gasteiger partial charge is 0.392 e. The van der Waals surface area contributed by atoms with E-state index in [2.05, 4.69) is 23.9 Å². The molecule has 0 amide bonds. The number of aliphatic hydroxyl groups is 1. The van der Waals surface area contributed by atoms with E-state index in [1.165, 1.54) is 19.4 Å². The number of likely N-dealkylation sites (N-methyl/N-ethyl adjacent to an activating group) is 2. The highest BCUT2D eigenvalue weighted by atomic mass is 16.3. The van der Waals surface area contributed by atoms with Gasteiger partial charge in [0.05, 0.1) is 6.10 Å². The van der Waals surface area contributed by atoms with Crippen LogP contribution in [0.4, 0.5) is 0 Å². The van der Waals surface area contributed by atoms with Crippen LogP contribution in [0.1, 0.15) is 26.2 Å². The molecule has 0 aromatic heterocycles. The Morgan fingerprint density at radius 1 is 1.57 bits per heavy atom. The highest BCUT2D eigenvalue weighted by molar-refractivity contribution is 4.79. The second-order valence-electron chi connectivity index (χ2n) is 4.56. The minimum Gasteiger partial charge on any atom is -0.392 e. The first-order valence-electron chi connectivity index (χ1n) is 5.70. The van der Waals surface area contributed by atoms with Crippen molar-refractivity contribution in [2.45, 2.75) is 38.3 Å². The average Bonchev–Trinajstić information content (AvgIpc) is 2.51. The highest BCUT2D eigenvalue weighted by Gasteiger charge is 2.22. The summed E-state index contributed by atoms with van der Waals surface area (Å²) in [5.74, 6) is 0. The Morgan fingerprint density at radius 2 is 2.29 bits per heavy atom. The maximum Gasteiger partial charge on any atom is 0.0664 e. The molecule has 84 valence electrons. The van der Waals surface area contributed by atoms with E-state index in [-0.39, 0.29) is 6.10 Å². The summed E-state index contributed by atoms with van der Waals surface area (Å²) in [5.41, 5.74) is 0. The van der Waals surface area contributed by atoms with Gasteiger partial charge >= 0.3 is 0 Å². The summed E-state index contributed by atoms with van der Waals surface area (Å²) in [6.45, 7) is 5.16. The van der Waals surface area contributed by atoms with Gasteiger partial charge < -0.3 is 14.9 Å². The molecular formula is C11H24N2O. The Bertz CT molecular complexity index is 163. The zero-order valence-electron chi connectivity index (χ0n) is 9.74. The van der Waals surface area contributed by atoms with Gasteiger partial charge in [-0.3, -0.25) is 0 Å². The fourth-order valence-corrected chi connectivity index (χ4v) is 2.13. The minimum atomic E-state index is -0.160. The van der Waals surface area contributed by atoms with Crippen molar-refractivity contribution in [1.29, 1.82) is 0 Å². The van der Waals surface area contributed by atoms with E-state index in [0.29, 0.717) is 6.04 Å². The van der Waals surface area contributed by atoms with Crippen LogP contribution >= 0.6 is 0 Å². The first-order valence-corrected chi connectivity index (χ1v) is 5.70. The van der Waals surface area contributed by atoms with Crippen molar-refractivity contribution in [3.05, 3.63) is 0 Å². The molecule has 0 bridgehead atoms. The second-order valence-corrected chi connectivity index (χ2v) is 4.56. The second kappa shape index (κ2) is 5.69. The predicted octanol–water partition coefficient (Wildman–Crippen LogP) is 0.783. The van der Waals surface area contributed by atoms with Gasteiger partial charge in [-0.1, -0.05) is 6.92 Å². The molecule has 1 N–H and O–H groups in total. The van der Waals surface area contributed by atoms with Crippen molar-refractivity contribution in [2.24, 2.45) is 0 Å². The van der Waals surface area contributed by atoms with E-state index in [4.69, 9.17) is 0 Å². The van der Waals surface area contributed by atoms with E-state index < -0.39 is 0 Å². The fourth-order valence-electron chi connectivity index (χ4n) is 2.13. The van der Waals surface area contributed by atoms with Crippen LogP contribution in [-0.2, 0) is 0 Å². The van der Waals surface area contributed by atoms with Crippen molar-refractivity contribution in [1.82, 2.24) is 9.80 Å². The smallest absolute Gasteiger partial charge is 0.0664 e. The highest BCUT2D eigenvalue weighted by Crippen LogP contribution is 2.15. The normalized spacial score (nSPS) is 25.9. The van der Waals surface area contributed by atoms with E-state index in [1.807, 2.05) is 6.92 Å². The van der Waals surface area contributed by atoms with Crippen LogP contribution in [0.3, 0.4) is 0 Å². The Morgan fingerprint density at radius 3 is 2.79 bits per heavy atom. The average molecular weight is 200 g/mol. The molecule has 0 aromatic carbocycles. The molecule has 0 aromatic rings. The van der Waals surface area contributed by atoms with Gasteiger partial charge in [-0.05, 0) is 39.9 Å². The quantitative estimate of drug-likeness (QED) is 0.710. The van der Waals surface area contributed by atoms with Crippen LogP contribution in [0.25, 0.3) is 0 Å². The van der Waals surface area contributed by atoms with Gasteiger partial charge in [0, 0.05) is 19.1 Å². The lowest BCUT2D eigenvalue weighted by Gasteiger charge is -2.26. The summed E-state index contributed by atoms with van der Waals surface area (Å²) >= 11 is 0. The molecule has 1 aliphatic rings. The van der Waals surface area contributed by atoms with Crippen molar-refractivity contribution in [3.8, 4) is 0 Å². The Balaban J connectivity index is 2.22. The van der Waals surface area contributed by atoms with Gasteiger partial charge in [0.1, 0.15) is 0 Å². The maximum absolute atomic E-state index is 9.51. The number of likely N-dealkylation sites (tertiary alicyclic amines) is 1. The van der Waals surface area contributed by atoms with Crippen molar-refractivity contribution >= 4 is 0 Å². The minimum absolute atomic E-state index is 0.160. The molecule has 3 nitrogen and oxygen atoms in total. The van der Waals surface area contributed by atoms with Gasteiger partial charge in [0.15, 0.2) is 0 Å². The summed E-state index contributed by atoms with van der Waals surface area (Å²) in [6, 6.07) is 0.698. The van der Waals surface area contributed by atoms with Crippen LogP contribution in [0.5, 0.6) is 0 Å². The predicted molar refractivity (Wildman–Crippen MR) is 59.4 cm³/mol. The molecule has 1 saturated heterocycles. The molecule has 2 atom stereocenters. The lowest BCUT2D eigenvalue weighted by molar-refractivity contribution is 0.109. The maximum atomic E-state index is 9.51. The van der Waals surface area contributed by atoms with Gasteiger partial charge in [-0.15, -0.1) is 0 Å². The number of rotatable bonds is 5. The van der Waals surface area contributed by atoms with Crippen molar-refractivity contribution in [2.75, 3.05) is 33.7 Å². The van der Waals surface area contributed by atoms with E-state index in [1.54, 1.807) is 0 Å². The lowest BCUT2D eigenvalue weighted by Crippen LogP contribution is -2.39. The Hall–Kier alpha value is -0.120. The molecule has 1 fully saturated rings. The van der Waals surface area contributed by atoms with Crippen LogP contribution < -0.4 is 0 Å². The van der Waals surface area contributed by atoms with Gasteiger partial charge in [-0.2, -0.15) is 0 Å². The number of hydrogen-bond acceptors (Lipinski definition) is 3. The summed E-state index contributed by atoms with van der Waals surface area (Å²) in [6.07, 6.45) is 3.32. The van der Waals surface area contributed by atoms with E-state index in [0.717, 1.165) is 19.5 Å². The SMILES string of the molecule is CCC(O)CN(C)CC1CCCN1C. The fraction of sp³-hybridized carbons (Fsp3) is 1.00. The van der Waals surface area contributed by atoms with E-state index >= 15 is 0 Å². The topological polar surface area (TPSA) is 26.7 Å². The molecule has 1 heterocycles. The van der Waals surface area contributed by atoms with Crippen molar-refractivity contribution in [3.63, 3.8) is 0 Å². The zero-order valence-corrected chi connectivity index (χ0v) is 9.74. The third kappa shape index (κ3) is 3.56. The van der Waals surface area contributed by atoms with Gasteiger partial charge in [0.25, 0.3) is 0 Å². The zero-order chi connectivity index (χ0) is 10.6. The third-order valence-electron chi connectivity index (χ3n) is 3.19. The van der Waals surface area contributed by atoms with Gasteiger partial charge in [0.2, 0.25) is 0 Å². The lowest BCUT2D eigenvalue weighted by atomic mass is 10.2. The first kappa shape index (κ1) is 12.0. The number of hydrogen-bond donors (Lipinski definition) is 1. The van der Waals surface area contributed by atoms with Crippen molar-refractivity contribution < 1.29 is 5.11 Å². The first-order chi connectivity index (χ1) is 6.63. The molecule has 1 rings (SSSR count). The molecule has 0 aliphatic carbocycles. The molecule has 3 heteroatoms. The Kier molecular flexibility index (Phi) is 4.85. The molecule has 0 spiro atoms. The molecule has 1 aliphatic heterocycles. The Labute approximate surface area is 87.7 Å². The standard InChI is InChI=1S/C11H24N2O/c1-4-11(14)9-12(2)8-10-6-5-7-13(10)3/h10-11,14H,4-9H2,1-3H3. The van der Waals surface area contributed by atoms with Crippen LogP contribution in [-0.4, -0.2) is 60.8 Å². The summed E-state index contributed by atoms with van der Waals surface area (Å²) in [7, 11) is 4.30. The molecule has 2 unspecified atom stereocenters. The molecule has 0 saturated carbocycles.